The minimum Gasteiger partial charge on any atom is -0.481 e. The van der Waals surface area contributed by atoms with Crippen molar-refractivity contribution >= 4 is 11.9 Å². The summed E-state index contributed by atoms with van der Waals surface area (Å²) in [7, 11) is 0. The van der Waals surface area contributed by atoms with Gasteiger partial charge in [-0.2, -0.15) is 0 Å². The van der Waals surface area contributed by atoms with Crippen molar-refractivity contribution in [3.8, 4) is 0 Å². The zero-order valence-electron chi connectivity index (χ0n) is 11.1. The molecule has 2 bridgehead atoms. The number of hydrogen-bond acceptors (Lipinski definition) is 3. The molecule has 2 heterocycles. The van der Waals surface area contributed by atoms with Gasteiger partial charge in [0, 0.05) is 25.2 Å². The molecule has 0 saturated carbocycles. The Kier molecular flexibility index (Phi) is 3.90. The van der Waals surface area contributed by atoms with Gasteiger partial charge < -0.3 is 15.3 Å². The van der Waals surface area contributed by atoms with Crippen LogP contribution in [0.4, 0.5) is 0 Å². The van der Waals surface area contributed by atoms with E-state index in [1.165, 1.54) is 6.42 Å². The second-order valence-corrected chi connectivity index (χ2v) is 5.51. The van der Waals surface area contributed by atoms with Crippen LogP contribution >= 0.6 is 0 Å². The van der Waals surface area contributed by atoms with Gasteiger partial charge in [0.05, 0.1) is 11.8 Å². The highest BCUT2D eigenvalue weighted by Crippen LogP contribution is 2.34. The zero-order chi connectivity index (χ0) is 13.3. The predicted molar refractivity (Wildman–Crippen MR) is 67.1 cm³/mol. The molecular formula is C13H22N2O3. The molecule has 18 heavy (non-hydrogen) atoms. The van der Waals surface area contributed by atoms with Crippen molar-refractivity contribution in [2.45, 2.75) is 45.2 Å². The number of amides is 1. The maximum Gasteiger partial charge on any atom is 0.308 e. The van der Waals surface area contributed by atoms with Crippen molar-refractivity contribution in [3.63, 3.8) is 0 Å². The normalized spacial score (nSPS) is 31.3. The van der Waals surface area contributed by atoms with E-state index in [-0.39, 0.29) is 11.8 Å². The summed E-state index contributed by atoms with van der Waals surface area (Å²) in [5, 5.41) is 12.4. The SMILES string of the molecule is CCN(CC(C)C(=O)O)C(=O)C1CC2CCC1N2. The highest BCUT2D eigenvalue weighted by Gasteiger charge is 2.44. The quantitative estimate of drug-likeness (QED) is 0.757. The van der Waals surface area contributed by atoms with E-state index in [9.17, 15) is 9.59 Å². The summed E-state index contributed by atoms with van der Waals surface area (Å²) >= 11 is 0. The minimum atomic E-state index is -0.840. The van der Waals surface area contributed by atoms with Crippen LogP contribution in [0.1, 0.15) is 33.1 Å². The van der Waals surface area contributed by atoms with Crippen molar-refractivity contribution in [3.05, 3.63) is 0 Å². The fourth-order valence-electron chi connectivity index (χ4n) is 3.12. The monoisotopic (exact) mass is 254 g/mol. The molecule has 2 fully saturated rings. The van der Waals surface area contributed by atoms with Crippen LogP contribution in [0.2, 0.25) is 0 Å². The summed E-state index contributed by atoms with van der Waals surface area (Å²) in [5.74, 6) is -1.15. The zero-order valence-corrected chi connectivity index (χ0v) is 11.1. The Hall–Kier alpha value is -1.10. The molecule has 2 aliphatic heterocycles. The number of fused-ring (bicyclic) bond motifs is 2. The second kappa shape index (κ2) is 5.26. The van der Waals surface area contributed by atoms with Crippen LogP contribution in [0, 0.1) is 11.8 Å². The van der Waals surface area contributed by atoms with Crippen LogP contribution in [0.15, 0.2) is 0 Å². The molecule has 1 amide bonds. The van der Waals surface area contributed by atoms with E-state index in [4.69, 9.17) is 5.11 Å². The van der Waals surface area contributed by atoms with E-state index in [0.717, 1.165) is 12.8 Å². The largest absolute Gasteiger partial charge is 0.481 e. The highest BCUT2D eigenvalue weighted by atomic mass is 16.4. The third-order valence-corrected chi connectivity index (χ3v) is 4.23. The Morgan fingerprint density at radius 2 is 2.17 bits per heavy atom. The van der Waals surface area contributed by atoms with Crippen LogP contribution in [-0.4, -0.2) is 47.1 Å². The molecule has 2 aliphatic rings. The number of aliphatic carboxylic acids is 1. The fourth-order valence-corrected chi connectivity index (χ4v) is 3.12. The molecular weight excluding hydrogens is 232 g/mol. The average Bonchev–Trinajstić information content (AvgIpc) is 2.96. The number of carboxylic acids is 1. The molecule has 102 valence electrons. The maximum atomic E-state index is 12.4. The standard InChI is InChI=1S/C13H22N2O3/c1-3-15(7-8(2)13(17)18)12(16)10-6-9-4-5-11(10)14-9/h8-11,14H,3-7H2,1-2H3,(H,17,18). The van der Waals surface area contributed by atoms with Gasteiger partial charge in [-0.05, 0) is 26.2 Å². The Morgan fingerprint density at radius 3 is 2.61 bits per heavy atom. The molecule has 0 aromatic heterocycles. The molecule has 2 N–H and O–H groups in total. The average molecular weight is 254 g/mol. The molecule has 5 nitrogen and oxygen atoms in total. The van der Waals surface area contributed by atoms with E-state index in [2.05, 4.69) is 5.32 Å². The van der Waals surface area contributed by atoms with E-state index in [0.29, 0.717) is 25.2 Å². The molecule has 0 aromatic rings. The number of carboxylic acid groups (broad SMARTS) is 1. The molecule has 2 saturated heterocycles. The summed E-state index contributed by atoms with van der Waals surface area (Å²) < 4.78 is 0. The second-order valence-electron chi connectivity index (χ2n) is 5.51. The van der Waals surface area contributed by atoms with Crippen LogP contribution in [0.5, 0.6) is 0 Å². The molecule has 5 heteroatoms. The number of nitrogens with zero attached hydrogens (tertiary/aromatic N) is 1. The number of nitrogens with one attached hydrogen (secondary N) is 1. The van der Waals surface area contributed by atoms with E-state index in [1.807, 2.05) is 6.92 Å². The molecule has 0 spiro atoms. The number of carbonyl (C=O) groups excluding carboxylic acids is 1. The Balaban J connectivity index is 1.95. The van der Waals surface area contributed by atoms with Crippen LogP contribution in [0.3, 0.4) is 0 Å². The molecule has 4 unspecified atom stereocenters. The number of rotatable bonds is 5. The summed E-state index contributed by atoms with van der Waals surface area (Å²) in [5.41, 5.74) is 0. The summed E-state index contributed by atoms with van der Waals surface area (Å²) in [6, 6.07) is 0.816. The molecule has 0 radical (unpaired) electrons. The Morgan fingerprint density at radius 1 is 1.44 bits per heavy atom. The lowest BCUT2D eigenvalue weighted by atomic mass is 9.88. The summed E-state index contributed by atoms with van der Waals surface area (Å²) in [6.07, 6.45) is 3.17. The van der Waals surface area contributed by atoms with Crippen molar-refractivity contribution < 1.29 is 14.7 Å². The van der Waals surface area contributed by atoms with E-state index >= 15 is 0 Å². The van der Waals surface area contributed by atoms with Gasteiger partial charge in [-0.1, -0.05) is 6.92 Å². The first-order chi connectivity index (χ1) is 8.52. The van der Waals surface area contributed by atoms with Crippen LogP contribution in [-0.2, 0) is 9.59 Å². The van der Waals surface area contributed by atoms with Crippen molar-refractivity contribution in [2.75, 3.05) is 13.1 Å². The lowest BCUT2D eigenvalue weighted by molar-refractivity contribution is -0.144. The van der Waals surface area contributed by atoms with Crippen LogP contribution in [0.25, 0.3) is 0 Å². The Bertz CT molecular complexity index is 345. The number of carbonyl (C=O) groups is 2. The summed E-state index contributed by atoms with van der Waals surface area (Å²) in [6.45, 7) is 4.47. The fraction of sp³-hybridized carbons (Fsp3) is 0.846. The van der Waals surface area contributed by atoms with Crippen molar-refractivity contribution in [1.82, 2.24) is 10.2 Å². The third-order valence-electron chi connectivity index (χ3n) is 4.23. The highest BCUT2D eigenvalue weighted by molar-refractivity contribution is 5.81. The van der Waals surface area contributed by atoms with Gasteiger partial charge in [-0.3, -0.25) is 9.59 Å². The third kappa shape index (κ3) is 2.51. The first-order valence-electron chi connectivity index (χ1n) is 6.80. The first kappa shape index (κ1) is 13.3. The van der Waals surface area contributed by atoms with Crippen molar-refractivity contribution in [2.24, 2.45) is 11.8 Å². The molecule has 0 aromatic carbocycles. The van der Waals surface area contributed by atoms with Gasteiger partial charge in [-0.15, -0.1) is 0 Å². The van der Waals surface area contributed by atoms with Gasteiger partial charge in [0.15, 0.2) is 0 Å². The van der Waals surface area contributed by atoms with Gasteiger partial charge >= 0.3 is 5.97 Å². The van der Waals surface area contributed by atoms with Gasteiger partial charge in [-0.25, -0.2) is 0 Å². The van der Waals surface area contributed by atoms with Crippen LogP contribution < -0.4 is 5.32 Å². The van der Waals surface area contributed by atoms with Gasteiger partial charge in [0.25, 0.3) is 0 Å². The first-order valence-corrected chi connectivity index (χ1v) is 6.80. The number of hydrogen-bond donors (Lipinski definition) is 2. The lowest BCUT2D eigenvalue weighted by Crippen LogP contribution is -2.43. The summed E-state index contributed by atoms with van der Waals surface area (Å²) in [4.78, 5) is 25.0. The van der Waals surface area contributed by atoms with E-state index < -0.39 is 11.9 Å². The molecule has 4 atom stereocenters. The van der Waals surface area contributed by atoms with Gasteiger partial charge in [0.1, 0.15) is 0 Å². The lowest BCUT2D eigenvalue weighted by Gasteiger charge is -2.29. The Labute approximate surface area is 108 Å². The molecule has 2 rings (SSSR count). The minimum absolute atomic E-state index is 0.0599. The topological polar surface area (TPSA) is 69.6 Å². The predicted octanol–water partition coefficient (Wildman–Crippen LogP) is 0.696. The molecule has 0 aliphatic carbocycles. The smallest absolute Gasteiger partial charge is 0.308 e. The maximum absolute atomic E-state index is 12.4. The van der Waals surface area contributed by atoms with Gasteiger partial charge in [0.2, 0.25) is 5.91 Å². The van der Waals surface area contributed by atoms with E-state index in [1.54, 1.807) is 11.8 Å². The van der Waals surface area contributed by atoms with Crippen molar-refractivity contribution in [1.29, 1.82) is 0 Å².